The molecule has 5 nitrogen and oxygen atoms in total. The number of aliphatic imine (C=N–C) groups is 2. The van der Waals surface area contributed by atoms with Gasteiger partial charge in [-0.05, 0) is 113 Å². The summed E-state index contributed by atoms with van der Waals surface area (Å²) >= 11 is 0. The van der Waals surface area contributed by atoms with Gasteiger partial charge in [0.2, 0.25) is 0 Å². The highest BCUT2D eigenvalue weighted by molar-refractivity contribution is 6.23. The van der Waals surface area contributed by atoms with Crippen LogP contribution in [0.2, 0.25) is 0 Å². The lowest BCUT2D eigenvalue weighted by atomic mass is 9.74. The van der Waals surface area contributed by atoms with Crippen molar-refractivity contribution in [3.05, 3.63) is 67.3 Å². The van der Waals surface area contributed by atoms with Crippen LogP contribution in [0, 0.1) is 51.4 Å². The summed E-state index contributed by atoms with van der Waals surface area (Å²) in [5.41, 5.74) is 11.7. The van der Waals surface area contributed by atoms with Gasteiger partial charge >= 0.3 is 0 Å². The van der Waals surface area contributed by atoms with Crippen molar-refractivity contribution in [3.63, 3.8) is 0 Å². The SMILES string of the molecule is CC1=C(C)/C(=C/C2=N[C@@](C)(C#N)C(C)(C)C2)N=C1/C=c1/[nH]/c(=C\c2[nH]c(C)c(C)c2C)c(C)c1C. The molecule has 5 heteroatoms. The molecule has 0 unspecified atom stereocenters. The van der Waals surface area contributed by atoms with Crippen LogP contribution >= 0.6 is 0 Å². The van der Waals surface area contributed by atoms with E-state index in [2.05, 4.69) is 96.6 Å². The number of aromatic amines is 2. The quantitative estimate of drug-likeness (QED) is 0.629. The van der Waals surface area contributed by atoms with Crippen LogP contribution in [0.1, 0.15) is 74.7 Å². The number of aryl methyl sites for hydroxylation is 1. The van der Waals surface area contributed by atoms with Gasteiger partial charge in [-0.3, -0.25) is 4.99 Å². The fourth-order valence-corrected chi connectivity index (χ4v) is 4.81. The first-order valence-corrected chi connectivity index (χ1v) is 12.3. The van der Waals surface area contributed by atoms with Crippen molar-refractivity contribution < 1.29 is 0 Å². The van der Waals surface area contributed by atoms with E-state index in [1.165, 1.54) is 33.5 Å². The van der Waals surface area contributed by atoms with Gasteiger partial charge in [-0.1, -0.05) is 13.8 Å². The van der Waals surface area contributed by atoms with Gasteiger partial charge in [-0.25, -0.2) is 4.99 Å². The Morgan fingerprint density at radius 2 is 1.43 bits per heavy atom. The zero-order chi connectivity index (χ0) is 25.9. The molecule has 2 N–H and O–H groups in total. The minimum Gasteiger partial charge on any atom is -0.359 e. The second kappa shape index (κ2) is 8.37. The molecule has 0 radical (unpaired) electrons. The van der Waals surface area contributed by atoms with Crippen LogP contribution in [-0.2, 0) is 0 Å². The van der Waals surface area contributed by atoms with Crippen LogP contribution in [0.3, 0.4) is 0 Å². The molecule has 0 aromatic carbocycles. The van der Waals surface area contributed by atoms with Crippen LogP contribution in [0.25, 0.3) is 12.2 Å². The molecule has 35 heavy (non-hydrogen) atoms. The van der Waals surface area contributed by atoms with Crippen molar-refractivity contribution in [2.45, 2.75) is 81.2 Å². The molecular weight excluding hydrogens is 430 g/mol. The van der Waals surface area contributed by atoms with Crippen molar-refractivity contribution in [3.8, 4) is 6.07 Å². The molecule has 4 heterocycles. The van der Waals surface area contributed by atoms with Gasteiger partial charge < -0.3 is 9.97 Å². The summed E-state index contributed by atoms with van der Waals surface area (Å²) in [5, 5.41) is 11.9. The molecule has 0 bridgehead atoms. The third-order valence-corrected chi connectivity index (χ3v) is 8.46. The van der Waals surface area contributed by atoms with Crippen LogP contribution < -0.4 is 10.7 Å². The van der Waals surface area contributed by atoms with Gasteiger partial charge in [0.15, 0.2) is 0 Å². The number of nitrogens with one attached hydrogen (secondary N) is 2. The zero-order valence-electron chi connectivity index (χ0n) is 22.8. The van der Waals surface area contributed by atoms with Gasteiger partial charge in [-0.2, -0.15) is 5.26 Å². The summed E-state index contributed by atoms with van der Waals surface area (Å²) < 4.78 is 0. The van der Waals surface area contributed by atoms with E-state index < -0.39 is 5.54 Å². The minimum atomic E-state index is -0.705. The maximum atomic E-state index is 9.69. The van der Waals surface area contributed by atoms with Crippen molar-refractivity contribution in [2.24, 2.45) is 15.4 Å². The molecule has 1 atom stereocenters. The first-order chi connectivity index (χ1) is 16.3. The Balaban J connectivity index is 1.75. The maximum Gasteiger partial charge on any atom is 0.149 e. The van der Waals surface area contributed by atoms with E-state index in [1.54, 1.807) is 0 Å². The standard InChI is InChI=1S/C30H37N5/c1-16-17(2)25(32-22(16)7)12-26-20(5)21(6)28(34-26)13-27-19(4)18(3)24(33-27)11-23-14-29(8,9)30(10,15-31)35-23/h11-13,32,34H,14H2,1-10H3/b24-11-,26-12-,28-13+/t30-/m0/s1. The van der Waals surface area contributed by atoms with Crippen molar-refractivity contribution in [2.75, 3.05) is 0 Å². The van der Waals surface area contributed by atoms with E-state index in [0.717, 1.165) is 45.5 Å². The molecule has 2 aromatic rings. The Kier molecular flexibility index (Phi) is 5.92. The molecule has 2 aliphatic heterocycles. The largest absolute Gasteiger partial charge is 0.359 e. The Hall–Kier alpha value is -3.39. The molecule has 0 saturated heterocycles. The van der Waals surface area contributed by atoms with Crippen LogP contribution in [0.5, 0.6) is 0 Å². The lowest BCUT2D eigenvalue weighted by Gasteiger charge is -2.29. The van der Waals surface area contributed by atoms with Crippen molar-refractivity contribution >= 4 is 23.6 Å². The number of nitriles is 1. The highest BCUT2D eigenvalue weighted by Crippen LogP contribution is 2.43. The third-order valence-electron chi connectivity index (χ3n) is 8.46. The second-order valence-electron chi connectivity index (χ2n) is 11.0. The molecule has 0 fully saturated rings. The zero-order valence-corrected chi connectivity index (χ0v) is 22.8. The number of aromatic nitrogens is 2. The smallest absolute Gasteiger partial charge is 0.149 e. The van der Waals surface area contributed by atoms with Crippen LogP contribution in [0.4, 0.5) is 0 Å². The first-order valence-electron chi connectivity index (χ1n) is 12.3. The summed E-state index contributed by atoms with van der Waals surface area (Å²) in [7, 11) is 0. The summed E-state index contributed by atoms with van der Waals surface area (Å²) in [6.07, 6.45) is 7.19. The van der Waals surface area contributed by atoms with Gasteiger partial charge in [0, 0.05) is 33.2 Å². The molecule has 0 amide bonds. The Bertz CT molecular complexity index is 1520. The van der Waals surface area contributed by atoms with E-state index in [1.807, 2.05) is 6.92 Å². The van der Waals surface area contributed by atoms with Gasteiger partial charge in [0.25, 0.3) is 0 Å². The normalized spacial score (nSPS) is 24.0. The number of nitrogens with zero attached hydrogens (tertiary/aromatic N) is 3. The van der Waals surface area contributed by atoms with Crippen LogP contribution in [0.15, 0.2) is 32.9 Å². The number of hydrogen-bond donors (Lipinski definition) is 2. The fourth-order valence-electron chi connectivity index (χ4n) is 4.81. The summed E-state index contributed by atoms with van der Waals surface area (Å²) in [4.78, 5) is 16.9. The second-order valence-corrected chi connectivity index (χ2v) is 11.0. The number of hydrogen-bond acceptors (Lipinski definition) is 3. The van der Waals surface area contributed by atoms with E-state index in [-0.39, 0.29) is 5.41 Å². The summed E-state index contributed by atoms with van der Waals surface area (Å²) in [6, 6.07) is 2.41. The van der Waals surface area contributed by atoms with E-state index in [4.69, 9.17) is 9.98 Å². The molecule has 2 aliphatic rings. The predicted molar refractivity (Wildman–Crippen MR) is 146 cm³/mol. The highest BCUT2D eigenvalue weighted by atomic mass is 14.9. The number of rotatable bonds is 3. The Morgan fingerprint density at radius 1 is 0.800 bits per heavy atom. The molecule has 2 aromatic heterocycles. The fraction of sp³-hybridized carbons (Fsp3) is 0.433. The molecule has 0 saturated carbocycles. The van der Waals surface area contributed by atoms with E-state index in [0.29, 0.717) is 0 Å². The third kappa shape index (κ3) is 4.05. The number of H-pyrrole nitrogens is 2. The van der Waals surface area contributed by atoms with Crippen LogP contribution in [-0.4, -0.2) is 26.9 Å². The monoisotopic (exact) mass is 467 g/mol. The van der Waals surface area contributed by atoms with Gasteiger partial charge in [0.05, 0.1) is 17.5 Å². The highest BCUT2D eigenvalue weighted by Gasteiger charge is 2.46. The first kappa shape index (κ1) is 24.7. The summed E-state index contributed by atoms with van der Waals surface area (Å²) in [6.45, 7) is 21.1. The van der Waals surface area contributed by atoms with Crippen molar-refractivity contribution in [1.82, 2.24) is 9.97 Å². The average Bonchev–Trinajstić information content (AvgIpc) is 3.39. The van der Waals surface area contributed by atoms with Gasteiger partial charge in [0.1, 0.15) is 5.54 Å². The average molecular weight is 468 g/mol. The molecule has 0 spiro atoms. The number of allylic oxidation sites excluding steroid dienone is 3. The van der Waals surface area contributed by atoms with E-state index >= 15 is 0 Å². The topological polar surface area (TPSA) is 80.1 Å². The Morgan fingerprint density at radius 3 is 1.97 bits per heavy atom. The summed E-state index contributed by atoms with van der Waals surface area (Å²) in [5.74, 6) is 0. The Labute approximate surface area is 208 Å². The molecule has 0 aliphatic carbocycles. The molecule has 182 valence electrons. The molecular formula is C30H37N5. The minimum absolute atomic E-state index is 0.196. The predicted octanol–water partition coefficient (Wildman–Crippen LogP) is 5.32. The van der Waals surface area contributed by atoms with E-state index in [9.17, 15) is 5.26 Å². The van der Waals surface area contributed by atoms with Crippen molar-refractivity contribution in [1.29, 1.82) is 5.26 Å². The van der Waals surface area contributed by atoms with Gasteiger partial charge in [-0.15, -0.1) is 0 Å². The lowest BCUT2D eigenvalue weighted by molar-refractivity contribution is 0.276. The molecule has 4 rings (SSSR count). The lowest BCUT2D eigenvalue weighted by Crippen LogP contribution is -2.34. The maximum absolute atomic E-state index is 9.69.